The Hall–Kier alpha value is -3.35. The van der Waals surface area contributed by atoms with E-state index in [4.69, 9.17) is 4.74 Å². The number of benzene rings is 2. The topological polar surface area (TPSA) is 95.9 Å². The number of alkyl carbamates (subject to hydrolysis) is 1. The molecule has 2 amide bonds. The minimum absolute atomic E-state index is 0.00860. The predicted molar refractivity (Wildman–Crippen MR) is 131 cm³/mol. The Bertz CT molecular complexity index is 1100. The fourth-order valence-corrected chi connectivity index (χ4v) is 6.08. The first-order chi connectivity index (χ1) is 16.9. The smallest absolute Gasteiger partial charge is 0.407 e. The maximum absolute atomic E-state index is 13.0. The van der Waals surface area contributed by atoms with Crippen LogP contribution in [-0.4, -0.2) is 53.7 Å². The fraction of sp³-hybridized carbons (Fsp3) is 0.464. The molecule has 184 valence electrons. The summed E-state index contributed by atoms with van der Waals surface area (Å²) < 4.78 is 5.65. The maximum atomic E-state index is 13.0. The average Bonchev–Trinajstić information content (AvgIpc) is 3.59. The Balaban J connectivity index is 1.14. The van der Waals surface area contributed by atoms with Crippen molar-refractivity contribution in [3.63, 3.8) is 0 Å². The lowest BCUT2D eigenvalue weighted by Gasteiger charge is -2.25. The van der Waals surface area contributed by atoms with Crippen molar-refractivity contribution in [2.45, 2.75) is 51.0 Å². The summed E-state index contributed by atoms with van der Waals surface area (Å²) in [5.74, 6) is -0.987. The van der Waals surface area contributed by atoms with Gasteiger partial charge in [-0.05, 0) is 54.4 Å². The highest BCUT2D eigenvalue weighted by atomic mass is 16.5. The Morgan fingerprint density at radius 2 is 1.71 bits per heavy atom. The number of likely N-dealkylation sites (tertiary alicyclic amines) is 1. The maximum Gasteiger partial charge on any atom is 0.407 e. The molecule has 1 unspecified atom stereocenters. The summed E-state index contributed by atoms with van der Waals surface area (Å²) in [4.78, 5) is 39.1. The largest absolute Gasteiger partial charge is 0.481 e. The number of nitrogens with one attached hydrogen (secondary N) is 1. The summed E-state index contributed by atoms with van der Waals surface area (Å²) in [6.07, 6.45) is 2.53. The molecule has 35 heavy (non-hydrogen) atoms. The van der Waals surface area contributed by atoms with Crippen LogP contribution in [0.3, 0.4) is 0 Å². The lowest BCUT2D eigenvalue weighted by molar-refractivity contribution is -0.149. The molecule has 3 atom stereocenters. The second-order valence-corrected chi connectivity index (χ2v) is 10.1. The highest BCUT2D eigenvalue weighted by molar-refractivity contribution is 5.83. The van der Waals surface area contributed by atoms with Crippen LogP contribution in [0.1, 0.15) is 56.1 Å². The minimum atomic E-state index is -0.826. The van der Waals surface area contributed by atoms with Gasteiger partial charge in [-0.3, -0.25) is 9.59 Å². The normalized spacial score (nSPS) is 25.2. The third-order valence-electron chi connectivity index (χ3n) is 8.24. The van der Waals surface area contributed by atoms with Gasteiger partial charge in [0.25, 0.3) is 0 Å². The van der Waals surface area contributed by atoms with Crippen LogP contribution in [0.15, 0.2) is 48.5 Å². The number of amides is 2. The van der Waals surface area contributed by atoms with E-state index in [-0.39, 0.29) is 36.9 Å². The quantitative estimate of drug-likeness (QED) is 0.644. The molecule has 2 aliphatic carbocycles. The average molecular weight is 477 g/mol. The SMILES string of the molecule is CCC1(C(=O)O)CCN(C(=O)[C@@H]2CC[C@H](NC(=O)OCC3c4ccccc4-c4ccccc43)C2)C1. The van der Waals surface area contributed by atoms with E-state index in [1.54, 1.807) is 4.90 Å². The highest BCUT2D eigenvalue weighted by Gasteiger charge is 2.46. The number of carboxylic acid groups (broad SMARTS) is 1. The number of hydrogen-bond donors (Lipinski definition) is 2. The van der Waals surface area contributed by atoms with E-state index < -0.39 is 17.5 Å². The van der Waals surface area contributed by atoms with Gasteiger partial charge in [-0.15, -0.1) is 0 Å². The molecular weight excluding hydrogens is 444 g/mol. The van der Waals surface area contributed by atoms with Crippen molar-refractivity contribution in [2.75, 3.05) is 19.7 Å². The molecule has 2 aromatic carbocycles. The van der Waals surface area contributed by atoms with Crippen molar-refractivity contribution < 1.29 is 24.2 Å². The number of fused-ring (bicyclic) bond motifs is 3. The van der Waals surface area contributed by atoms with Gasteiger partial charge in [0, 0.05) is 31.0 Å². The lowest BCUT2D eigenvalue weighted by atomic mass is 9.84. The lowest BCUT2D eigenvalue weighted by Crippen LogP contribution is -2.39. The molecule has 1 aliphatic heterocycles. The first-order valence-corrected chi connectivity index (χ1v) is 12.6. The molecule has 7 nitrogen and oxygen atoms in total. The molecule has 0 spiro atoms. The van der Waals surface area contributed by atoms with Crippen molar-refractivity contribution in [1.82, 2.24) is 10.2 Å². The van der Waals surface area contributed by atoms with Gasteiger partial charge in [-0.25, -0.2) is 4.79 Å². The zero-order valence-electron chi connectivity index (χ0n) is 20.0. The molecule has 1 saturated heterocycles. The number of aliphatic carboxylic acids is 1. The van der Waals surface area contributed by atoms with E-state index in [9.17, 15) is 19.5 Å². The van der Waals surface area contributed by atoms with Crippen LogP contribution in [-0.2, 0) is 14.3 Å². The highest BCUT2D eigenvalue weighted by Crippen LogP contribution is 2.44. The molecule has 0 bridgehead atoms. The minimum Gasteiger partial charge on any atom is -0.481 e. The second-order valence-electron chi connectivity index (χ2n) is 10.1. The number of hydrogen-bond acceptors (Lipinski definition) is 4. The second kappa shape index (κ2) is 9.36. The van der Waals surface area contributed by atoms with Crippen molar-refractivity contribution in [1.29, 1.82) is 0 Å². The molecule has 0 radical (unpaired) electrons. The van der Waals surface area contributed by atoms with E-state index in [0.29, 0.717) is 38.6 Å². The van der Waals surface area contributed by atoms with E-state index in [1.807, 2.05) is 31.2 Å². The van der Waals surface area contributed by atoms with Gasteiger partial charge in [-0.2, -0.15) is 0 Å². The predicted octanol–water partition coefficient (Wildman–Crippen LogP) is 4.41. The monoisotopic (exact) mass is 476 g/mol. The van der Waals surface area contributed by atoms with Crippen LogP contribution in [0, 0.1) is 11.3 Å². The van der Waals surface area contributed by atoms with Crippen LogP contribution in [0.25, 0.3) is 11.1 Å². The molecule has 1 heterocycles. The van der Waals surface area contributed by atoms with Crippen LogP contribution < -0.4 is 5.32 Å². The molecule has 1 saturated carbocycles. The molecule has 7 heteroatoms. The standard InChI is InChI=1S/C28H32N2O5/c1-2-28(26(32)33)13-14-30(17-28)25(31)18-11-12-19(15-18)29-27(34)35-16-24-22-9-5-3-7-20(22)21-8-4-6-10-23(21)24/h3-10,18-19,24H,2,11-17H2,1H3,(H,29,34)(H,32,33)/t18-,19+,28?/m1/s1. The number of rotatable bonds is 6. The first kappa shape index (κ1) is 23.4. The number of ether oxygens (including phenoxy) is 1. The van der Waals surface area contributed by atoms with E-state index in [1.165, 1.54) is 22.3 Å². The zero-order valence-corrected chi connectivity index (χ0v) is 20.0. The number of carboxylic acids is 1. The molecule has 2 N–H and O–H groups in total. The molecule has 3 aliphatic rings. The number of carbonyl (C=O) groups is 3. The zero-order chi connectivity index (χ0) is 24.6. The third-order valence-corrected chi connectivity index (χ3v) is 8.24. The van der Waals surface area contributed by atoms with Crippen LogP contribution in [0.2, 0.25) is 0 Å². The van der Waals surface area contributed by atoms with Crippen molar-refractivity contribution in [3.8, 4) is 11.1 Å². The summed E-state index contributed by atoms with van der Waals surface area (Å²) in [6.45, 7) is 2.89. The summed E-state index contributed by atoms with van der Waals surface area (Å²) >= 11 is 0. The van der Waals surface area contributed by atoms with Crippen LogP contribution in [0.4, 0.5) is 4.79 Å². The van der Waals surface area contributed by atoms with Gasteiger partial charge in [0.15, 0.2) is 0 Å². The van der Waals surface area contributed by atoms with Gasteiger partial charge in [0.05, 0.1) is 5.41 Å². The number of carbonyl (C=O) groups excluding carboxylic acids is 2. The molecule has 5 rings (SSSR count). The Morgan fingerprint density at radius 1 is 1.06 bits per heavy atom. The van der Waals surface area contributed by atoms with Gasteiger partial charge in [0.1, 0.15) is 6.61 Å². The van der Waals surface area contributed by atoms with Gasteiger partial charge >= 0.3 is 12.1 Å². The molecule has 0 aromatic heterocycles. The Morgan fingerprint density at radius 3 is 2.31 bits per heavy atom. The summed E-state index contributed by atoms with van der Waals surface area (Å²) in [6, 6.07) is 16.3. The molecular formula is C28H32N2O5. The van der Waals surface area contributed by atoms with Gasteiger partial charge in [-0.1, -0.05) is 55.5 Å². The summed E-state index contributed by atoms with van der Waals surface area (Å²) in [5, 5.41) is 12.6. The Labute approximate surface area is 205 Å². The third kappa shape index (κ3) is 4.28. The van der Waals surface area contributed by atoms with E-state index in [2.05, 4.69) is 29.6 Å². The first-order valence-electron chi connectivity index (χ1n) is 12.6. The number of nitrogens with zero attached hydrogens (tertiary/aromatic N) is 1. The molecule has 2 fully saturated rings. The van der Waals surface area contributed by atoms with Crippen LogP contribution >= 0.6 is 0 Å². The van der Waals surface area contributed by atoms with E-state index >= 15 is 0 Å². The van der Waals surface area contributed by atoms with Crippen LogP contribution in [0.5, 0.6) is 0 Å². The van der Waals surface area contributed by atoms with E-state index in [0.717, 1.165) is 0 Å². The van der Waals surface area contributed by atoms with Crippen molar-refractivity contribution in [2.24, 2.45) is 11.3 Å². The van der Waals surface area contributed by atoms with Crippen molar-refractivity contribution in [3.05, 3.63) is 59.7 Å². The van der Waals surface area contributed by atoms with Gasteiger partial charge in [0.2, 0.25) is 5.91 Å². The summed E-state index contributed by atoms with van der Waals surface area (Å²) in [5.41, 5.74) is 3.89. The Kier molecular flexibility index (Phi) is 6.26. The summed E-state index contributed by atoms with van der Waals surface area (Å²) in [7, 11) is 0. The molecule has 2 aromatic rings. The fourth-order valence-electron chi connectivity index (χ4n) is 6.08. The van der Waals surface area contributed by atoms with Gasteiger partial charge < -0.3 is 20.1 Å². The van der Waals surface area contributed by atoms with Crippen molar-refractivity contribution >= 4 is 18.0 Å².